The average Bonchev–Trinajstić information content (AvgIpc) is 2.20. The molecule has 1 atom stereocenters. The fourth-order valence-electron chi connectivity index (χ4n) is 1.63. The maximum atomic E-state index is 11.3. The third kappa shape index (κ3) is 2.50. The summed E-state index contributed by atoms with van der Waals surface area (Å²) >= 11 is 0. The van der Waals surface area contributed by atoms with E-state index in [0.717, 1.165) is 16.9 Å². The van der Waals surface area contributed by atoms with Gasteiger partial charge in [0, 0.05) is 10.7 Å². The molecule has 1 aromatic carbocycles. The van der Waals surface area contributed by atoms with Gasteiger partial charge in [-0.3, -0.25) is 0 Å². The van der Waals surface area contributed by atoms with Crippen molar-refractivity contribution in [1.29, 1.82) is 0 Å². The van der Waals surface area contributed by atoms with Crippen LogP contribution in [0.3, 0.4) is 0 Å². The molecule has 0 fully saturated rings. The number of hydrogen-bond acceptors (Lipinski definition) is 3. The van der Waals surface area contributed by atoms with E-state index >= 15 is 0 Å². The molecule has 0 N–H and O–H groups in total. The van der Waals surface area contributed by atoms with Gasteiger partial charge in [0.05, 0.1) is 12.4 Å². The van der Waals surface area contributed by atoms with Crippen LogP contribution in [0.2, 0.25) is 0 Å². The summed E-state index contributed by atoms with van der Waals surface area (Å²) in [6, 6.07) is 3.50. The lowest BCUT2D eigenvalue weighted by molar-refractivity contribution is 0.411. The largest absolute Gasteiger partial charge is 0.496 e. The van der Waals surface area contributed by atoms with E-state index in [2.05, 4.69) is 0 Å². The first kappa shape index (κ1) is 13.3. The van der Waals surface area contributed by atoms with E-state index in [-0.39, 0.29) is 0 Å². The predicted octanol–water partition coefficient (Wildman–Crippen LogP) is 2.94. The lowest BCUT2D eigenvalue weighted by Crippen LogP contribution is -2.06. The normalized spacial score (nSPS) is 13.6. The molecule has 1 unspecified atom stereocenters. The van der Waals surface area contributed by atoms with E-state index in [0.29, 0.717) is 5.56 Å². The van der Waals surface area contributed by atoms with Crippen LogP contribution in [0.25, 0.3) is 0 Å². The maximum absolute atomic E-state index is 11.3. The molecule has 0 aliphatic heterocycles. The summed E-state index contributed by atoms with van der Waals surface area (Å²) in [5, 5.41) is -0.709. The van der Waals surface area contributed by atoms with Crippen LogP contribution in [0.5, 0.6) is 5.75 Å². The lowest BCUT2D eigenvalue weighted by Gasteiger charge is -2.15. The molecule has 1 aromatic rings. The first-order valence-corrected chi connectivity index (χ1v) is 7.23. The van der Waals surface area contributed by atoms with Crippen molar-refractivity contribution in [3.05, 3.63) is 28.8 Å². The van der Waals surface area contributed by atoms with Crippen molar-refractivity contribution in [2.45, 2.75) is 26.0 Å². The Bertz CT molecular complexity index is 494. The zero-order valence-corrected chi connectivity index (χ0v) is 11.3. The third-order valence-electron chi connectivity index (χ3n) is 2.86. The quantitative estimate of drug-likeness (QED) is 0.787. The molecule has 0 saturated carbocycles. The highest BCUT2D eigenvalue weighted by molar-refractivity contribution is 8.13. The van der Waals surface area contributed by atoms with Crippen LogP contribution in [0.15, 0.2) is 12.1 Å². The molecular weight excluding hydrogens is 248 g/mol. The molecule has 0 heterocycles. The van der Waals surface area contributed by atoms with E-state index in [1.54, 1.807) is 26.2 Å². The van der Waals surface area contributed by atoms with Crippen LogP contribution >= 0.6 is 10.7 Å². The molecule has 0 spiro atoms. The lowest BCUT2D eigenvalue weighted by atomic mass is 10.0. The van der Waals surface area contributed by atoms with Crippen LogP contribution in [0.4, 0.5) is 0 Å². The molecule has 0 aromatic heterocycles. The van der Waals surface area contributed by atoms with E-state index in [4.69, 9.17) is 15.4 Å². The third-order valence-corrected chi connectivity index (χ3v) is 4.76. The van der Waals surface area contributed by atoms with Crippen molar-refractivity contribution in [2.24, 2.45) is 0 Å². The van der Waals surface area contributed by atoms with Gasteiger partial charge in [-0.05, 0) is 43.5 Å². The van der Waals surface area contributed by atoms with Gasteiger partial charge in [0.2, 0.25) is 9.05 Å². The number of hydrogen-bond donors (Lipinski definition) is 0. The standard InChI is InChI=1S/C11H15ClO3S/c1-7-8(2)11(15-4)6-5-10(7)9(3)16(12,13)14/h5-6,9H,1-4H3. The van der Waals surface area contributed by atoms with E-state index in [1.807, 2.05) is 13.8 Å². The van der Waals surface area contributed by atoms with Crippen LogP contribution in [-0.2, 0) is 9.05 Å². The number of rotatable bonds is 3. The summed E-state index contributed by atoms with van der Waals surface area (Å²) in [5.74, 6) is 0.750. The Morgan fingerprint density at radius 3 is 2.25 bits per heavy atom. The predicted molar refractivity (Wildman–Crippen MR) is 65.7 cm³/mol. The van der Waals surface area contributed by atoms with Crippen molar-refractivity contribution in [3.8, 4) is 5.75 Å². The molecule has 5 heteroatoms. The van der Waals surface area contributed by atoms with Crippen molar-refractivity contribution >= 4 is 19.7 Å². The van der Waals surface area contributed by atoms with Crippen LogP contribution in [0.1, 0.15) is 28.9 Å². The molecule has 0 saturated heterocycles. The Balaban J connectivity index is 3.33. The topological polar surface area (TPSA) is 43.4 Å². The Labute approximate surface area is 101 Å². The van der Waals surface area contributed by atoms with Gasteiger partial charge in [-0.2, -0.15) is 0 Å². The summed E-state index contributed by atoms with van der Waals surface area (Å²) in [4.78, 5) is 0. The van der Waals surface area contributed by atoms with Gasteiger partial charge >= 0.3 is 0 Å². The Morgan fingerprint density at radius 2 is 1.81 bits per heavy atom. The van der Waals surface area contributed by atoms with Gasteiger partial charge in [-0.25, -0.2) is 8.42 Å². The minimum atomic E-state index is -3.58. The fourth-order valence-corrected chi connectivity index (χ4v) is 2.48. The zero-order valence-electron chi connectivity index (χ0n) is 9.74. The molecule has 0 radical (unpaired) electrons. The van der Waals surface area contributed by atoms with Crippen molar-refractivity contribution in [2.75, 3.05) is 7.11 Å². The molecule has 0 aliphatic rings. The summed E-state index contributed by atoms with van der Waals surface area (Å²) < 4.78 is 27.7. The number of benzene rings is 1. The summed E-state index contributed by atoms with van der Waals surface area (Å²) in [5.41, 5.74) is 2.55. The number of ether oxygens (including phenoxy) is 1. The van der Waals surface area contributed by atoms with Crippen molar-refractivity contribution in [3.63, 3.8) is 0 Å². The van der Waals surface area contributed by atoms with Crippen LogP contribution in [0, 0.1) is 13.8 Å². The Kier molecular flexibility index (Phi) is 3.86. The zero-order chi connectivity index (χ0) is 12.5. The fraction of sp³-hybridized carbons (Fsp3) is 0.455. The first-order chi connectivity index (χ1) is 7.29. The first-order valence-electron chi connectivity index (χ1n) is 4.86. The highest BCUT2D eigenvalue weighted by Crippen LogP contribution is 2.32. The smallest absolute Gasteiger partial charge is 0.239 e. The van der Waals surface area contributed by atoms with Gasteiger partial charge in [0.15, 0.2) is 0 Å². The molecule has 0 amide bonds. The SMILES string of the molecule is COc1ccc(C(C)S(=O)(=O)Cl)c(C)c1C. The molecule has 1 rings (SSSR count). The van der Waals surface area contributed by atoms with Crippen molar-refractivity contribution in [1.82, 2.24) is 0 Å². The molecule has 0 bridgehead atoms. The monoisotopic (exact) mass is 262 g/mol. The van der Waals surface area contributed by atoms with Gasteiger partial charge in [0.25, 0.3) is 0 Å². The molecule has 3 nitrogen and oxygen atoms in total. The van der Waals surface area contributed by atoms with Gasteiger partial charge in [0.1, 0.15) is 5.75 Å². The molecular formula is C11H15ClO3S. The minimum Gasteiger partial charge on any atom is -0.496 e. The molecule has 90 valence electrons. The number of methoxy groups -OCH3 is 1. The van der Waals surface area contributed by atoms with Gasteiger partial charge < -0.3 is 4.74 Å². The maximum Gasteiger partial charge on any atom is 0.239 e. The Morgan fingerprint density at radius 1 is 1.25 bits per heavy atom. The summed E-state index contributed by atoms with van der Waals surface area (Å²) in [6.45, 7) is 5.34. The summed E-state index contributed by atoms with van der Waals surface area (Å²) in [6.07, 6.45) is 0. The van der Waals surface area contributed by atoms with Crippen LogP contribution < -0.4 is 4.74 Å². The molecule has 16 heavy (non-hydrogen) atoms. The second kappa shape index (κ2) is 4.63. The van der Waals surface area contributed by atoms with E-state index < -0.39 is 14.3 Å². The minimum absolute atomic E-state index is 0.709. The van der Waals surface area contributed by atoms with E-state index in [1.165, 1.54) is 0 Å². The highest BCUT2D eigenvalue weighted by atomic mass is 35.7. The van der Waals surface area contributed by atoms with Crippen molar-refractivity contribution < 1.29 is 13.2 Å². The van der Waals surface area contributed by atoms with Gasteiger partial charge in [-0.1, -0.05) is 6.07 Å². The van der Waals surface area contributed by atoms with E-state index in [9.17, 15) is 8.42 Å². The molecule has 0 aliphatic carbocycles. The second-order valence-electron chi connectivity index (χ2n) is 3.72. The van der Waals surface area contributed by atoms with Gasteiger partial charge in [-0.15, -0.1) is 0 Å². The van der Waals surface area contributed by atoms with Crippen LogP contribution in [-0.4, -0.2) is 15.5 Å². The number of halogens is 1. The highest BCUT2D eigenvalue weighted by Gasteiger charge is 2.22. The Hall–Kier alpha value is -0.740. The second-order valence-corrected chi connectivity index (χ2v) is 6.67. The summed E-state index contributed by atoms with van der Waals surface area (Å²) in [7, 11) is 3.36. The average molecular weight is 263 g/mol.